The lowest BCUT2D eigenvalue weighted by Crippen LogP contribution is -2.46. The van der Waals surface area contributed by atoms with Gasteiger partial charge in [-0.05, 0) is 63.1 Å². The van der Waals surface area contributed by atoms with Crippen molar-refractivity contribution >= 4 is 5.96 Å². The van der Waals surface area contributed by atoms with Gasteiger partial charge in [0, 0.05) is 31.2 Å². The first-order valence-electron chi connectivity index (χ1n) is 10.9. The first-order valence-corrected chi connectivity index (χ1v) is 10.9. The van der Waals surface area contributed by atoms with E-state index < -0.39 is 5.60 Å². The van der Waals surface area contributed by atoms with Crippen LogP contribution >= 0.6 is 0 Å². The van der Waals surface area contributed by atoms with Gasteiger partial charge in [-0.25, -0.2) is 4.99 Å². The molecule has 6 nitrogen and oxygen atoms in total. The minimum absolute atomic E-state index is 0.307. The van der Waals surface area contributed by atoms with Crippen molar-refractivity contribution in [1.82, 2.24) is 20.4 Å². The maximum Gasteiger partial charge on any atom is 0.191 e. The maximum atomic E-state index is 11.2. The fraction of sp³-hybridized carbons (Fsp3) is 0.565. The summed E-state index contributed by atoms with van der Waals surface area (Å²) in [5, 5.41) is 22.9. The fourth-order valence-electron chi connectivity index (χ4n) is 4.46. The molecule has 2 aromatic rings. The van der Waals surface area contributed by atoms with Crippen molar-refractivity contribution < 1.29 is 5.11 Å². The van der Waals surface area contributed by atoms with Gasteiger partial charge in [-0.3, -0.25) is 4.68 Å². The molecule has 2 atom stereocenters. The SMILES string of the molecule is CCNC(=NCC1(O)CCc2ccccc21)NC1CCc2cn(C(C)C)nc2C1. The molecule has 2 aliphatic rings. The molecule has 0 saturated carbocycles. The number of aliphatic imine (C=N–C) groups is 1. The van der Waals surface area contributed by atoms with Gasteiger partial charge in [-0.2, -0.15) is 5.10 Å². The highest BCUT2D eigenvalue weighted by Gasteiger charge is 2.36. The number of aryl methyl sites for hydroxylation is 2. The summed E-state index contributed by atoms with van der Waals surface area (Å²) in [7, 11) is 0. The summed E-state index contributed by atoms with van der Waals surface area (Å²) in [6.45, 7) is 7.56. The van der Waals surface area contributed by atoms with Crippen LogP contribution in [0.2, 0.25) is 0 Å². The van der Waals surface area contributed by atoms with Crippen molar-refractivity contribution in [3.63, 3.8) is 0 Å². The second kappa shape index (κ2) is 8.19. The van der Waals surface area contributed by atoms with Gasteiger partial charge in [0.25, 0.3) is 0 Å². The van der Waals surface area contributed by atoms with Crippen LogP contribution in [0.15, 0.2) is 35.5 Å². The van der Waals surface area contributed by atoms with Crippen molar-refractivity contribution in [2.24, 2.45) is 4.99 Å². The molecule has 4 rings (SSSR count). The van der Waals surface area contributed by atoms with Crippen LogP contribution in [0.25, 0.3) is 0 Å². The van der Waals surface area contributed by atoms with Crippen LogP contribution in [0, 0.1) is 0 Å². The summed E-state index contributed by atoms with van der Waals surface area (Å²) >= 11 is 0. The van der Waals surface area contributed by atoms with Crippen LogP contribution in [0.1, 0.15) is 62.0 Å². The normalized spacial score (nSPS) is 23.8. The summed E-state index contributed by atoms with van der Waals surface area (Å²) in [6, 6.07) is 8.87. The maximum absolute atomic E-state index is 11.2. The van der Waals surface area contributed by atoms with E-state index in [-0.39, 0.29) is 0 Å². The Morgan fingerprint density at radius 3 is 2.93 bits per heavy atom. The standard InChI is InChI=1S/C23H33N5O/c1-4-24-22(25-15-23(29)12-11-17-7-5-6-8-20(17)23)26-19-10-9-18-14-28(16(2)3)27-21(18)13-19/h5-8,14,16,19,29H,4,9-13,15H2,1-3H3,(H2,24,25,26). The zero-order chi connectivity index (χ0) is 20.4. The average Bonchev–Trinajstić information content (AvgIpc) is 3.28. The molecule has 0 fully saturated rings. The number of hydrogen-bond donors (Lipinski definition) is 3. The van der Waals surface area contributed by atoms with Gasteiger partial charge in [-0.1, -0.05) is 24.3 Å². The Bertz CT molecular complexity index is 887. The summed E-state index contributed by atoms with van der Waals surface area (Å²) in [5.74, 6) is 0.780. The third-order valence-corrected chi connectivity index (χ3v) is 6.14. The lowest BCUT2D eigenvalue weighted by molar-refractivity contribution is 0.0485. The van der Waals surface area contributed by atoms with Gasteiger partial charge < -0.3 is 15.7 Å². The topological polar surface area (TPSA) is 74.5 Å². The number of fused-ring (bicyclic) bond motifs is 2. The number of rotatable bonds is 5. The summed E-state index contributed by atoms with van der Waals surface area (Å²) in [6.07, 6.45) is 6.85. The van der Waals surface area contributed by atoms with Crippen LogP contribution in [0.3, 0.4) is 0 Å². The van der Waals surface area contributed by atoms with Crippen molar-refractivity contribution in [2.75, 3.05) is 13.1 Å². The van der Waals surface area contributed by atoms with Gasteiger partial charge in [0.1, 0.15) is 5.60 Å². The molecule has 0 saturated heterocycles. The summed E-state index contributed by atoms with van der Waals surface area (Å²) in [4.78, 5) is 4.77. The van der Waals surface area contributed by atoms with Crippen LogP contribution in [0.4, 0.5) is 0 Å². The van der Waals surface area contributed by atoms with Crippen LogP contribution < -0.4 is 10.6 Å². The smallest absolute Gasteiger partial charge is 0.191 e. The summed E-state index contributed by atoms with van der Waals surface area (Å²) in [5.41, 5.74) is 3.97. The van der Waals surface area contributed by atoms with E-state index in [9.17, 15) is 5.11 Å². The van der Waals surface area contributed by atoms with E-state index in [2.05, 4.69) is 48.3 Å². The fourth-order valence-corrected chi connectivity index (χ4v) is 4.46. The minimum atomic E-state index is -0.866. The van der Waals surface area contributed by atoms with E-state index in [4.69, 9.17) is 10.1 Å². The number of aromatic nitrogens is 2. The molecule has 156 valence electrons. The largest absolute Gasteiger partial charge is 0.383 e. The molecule has 6 heteroatoms. The Labute approximate surface area is 173 Å². The Balaban J connectivity index is 1.44. The minimum Gasteiger partial charge on any atom is -0.383 e. The van der Waals surface area contributed by atoms with Gasteiger partial charge in [0.2, 0.25) is 0 Å². The van der Waals surface area contributed by atoms with Crippen LogP contribution in [-0.4, -0.2) is 40.0 Å². The molecule has 0 radical (unpaired) electrons. The van der Waals surface area contributed by atoms with Crippen LogP contribution in [0.5, 0.6) is 0 Å². The van der Waals surface area contributed by atoms with Gasteiger partial charge >= 0.3 is 0 Å². The molecule has 3 N–H and O–H groups in total. The van der Waals surface area contributed by atoms with Gasteiger partial charge in [0.05, 0.1) is 12.2 Å². The molecule has 2 aliphatic carbocycles. The molecule has 29 heavy (non-hydrogen) atoms. The van der Waals surface area contributed by atoms with Gasteiger partial charge in [-0.15, -0.1) is 0 Å². The molecule has 2 unspecified atom stereocenters. The number of nitrogens with zero attached hydrogens (tertiary/aromatic N) is 3. The first kappa shape index (κ1) is 20.0. The lowest BCUT2D eigenvalue weighted by atomic mass is 9.94. The molecule has 1 heterocycles. The predicted octanol–water partition coefficient (Wildman–Crippen LogP) is 2.71. The zero-order valence-corrected chi connectivity index (χ0v) is 17.8. The second-order valence-electron chi connectivity index (χ2n) is 8.64. The third kappa shape index (κ3) is 4.17. The molecule has 0 amide bonds. The van der Waals surface area contributed by atoms with E-state index in [1.165, 1.54) is 16.8 Å². The van der Waals surface area contributed by atoms with E-state index in [1.54, 1.807) is 0 Å². The quantitative estimate of drug-likeness (QED) is 0.538. The molecule has 0 spiro atoms. The number of guanidine groups is 1. The Morgan fingerprint density at radius 2 is 2.14 bits per heavy atom. The number of hydrogen-bond acceptors (Lipinski definition) is 3. The van der Waals surface area contributed by atoms with E-state index >= 15 is 0 Å². The average molecular weight is 396 g/mol. The summed E-state index contributed by atoms with van der Waals surface area (Å²) < 4.78 is 2.07. The second-order valence-corrected chi connectivity index (χ2v) is 8.64. The number of nitrogens with one attached hydrogen (secondary N) is 2. The van der Waals surface area contributed by atoms with Gasteiger partial charge in [0.15, 0.2) is 5.96 Å². The molecular formula is C23H33N5O. The zero-order valence-electron chi connectivity index (χ0n) is 17.8. The lowest BCUT2D eigenvalue weighted by Gasteiger charge is -2.26. The van der Waals surface area contributed by atoms with Crippen LogP contribution in [-0.2, 0) is 24.9 Å². The highest BCUT2D eigenvalue weighted by molar-refractivity contribution is 5.80. The highest BCUT2D eigenvalue weighted by Crippen LogP contribution is 2.36. The Hall–Kier alpha value is -2.34. The molecule has 0 aliphatic heterocycles. The molecule has 1 aromatic carbocycles. The van der Waals surface area contributed by atoms with Crippen molar-refractivity contribution in [1.29, 1.82) is 0 Å². The third-order valence-electron chi connectivity index (χ3n) is 6.14. The molecule has 1 aromatic heterocycles. The molecular weight excluding hydrogens is 362 g/mol. The van der Waals surface area contributed by atoms with Crippen molar-refractivity contribution in [3.8, 4) is 0 Å². The van der Waals surface area contributed by atoms with Crippen molar-refractivity contribution in [3.05, 3.63) is 52.8 Å². The Morgan fingerprint density at radius 1 is 1.31 bits per heavy atom. The van der Waals surface area contributed by atoms with Crippen molar-refractivity contribution in [2.45, 2.75) is 70.6 Å². The van der Waals surface area contributed by atoms with E-state index in [0.29, 0.717) is 18.6 Å². The Kier molecular flexibility index (Phi) is 5.63. The predicted molar refractivity (Wildman–Crippen MR) is 116 cm³/mol. The monoisotopic (exact) mass is 395 g/mol. The van der Waals surface area contributed by atoms with E-state index in [0.717, 1.165) is 50.2 Å². The first-order chi connectivity index (χ1) is 14.0. The molecule has 0 bridgehead atoms. The number of benzene rings is 1. The van der Waals surface area contributed by atoms with E-state index in [1.807, 2.05) is 18.2 Å². The highest BCUT2D eigenvalue weighted by atomic mass is 16.3. The number of aliphatic hydroxyl groups is 1.